The summed E-state index contributed by atoms with van der Waals surface area (Å²) in [5.41, 5.74) is 6.17. The van der Waals surface area contributed by atoms with Gasteiger partial charge in [0, 0.05) is 18.3 Å². The van der Waals surface area contributed by atoms with E-state index < -0.39 is 13.0 Å². The van der Waals surface area contributed by atoms with Crippen LogP contribution in [0.1, 0.15) is 42.6 Å². The maximum atomic E-state index is 12.6. The lowest BCUT2D eigenvalue weighted by Gasteiger charge is -2.45. The van der Waals surface area contributed by atoms with Crippen molar-refractivity contribution in [2.75, 3.05) is 6.61 Å². The number of alkyl halides is 2. The lowest BCUT2D eigenvalue weighted by Crippen LogP contribution is -2.53. The van der Waals surface area contributed by atoms with Crippen LogP contribution >= 0.6 is 0 Å². The Kier molecular flexibility index (Phi) is 5.28. The molecule has 0 saturated heterocycles. The zero-order chi connectivity index (χ0) is 17.1. The normalized spacial score (nSPS) is 29.3. The van der Waals surface area contributed by atoms with Gasteiger partial charge < -0.3 is 15.8 Å². The molecule has 2 aliphatic rings. The number of hydrogen-bond acceptors (Lipinski definition) is 4. The van der Waals surface area contributed by atoms with Gasteiger partial charge in [0.15, 0.2) is 11.4 Å². The van der Waals surface area contributed by atoms with Crippen molar-refractivity contribution < 1.29 is 18.3 Å². The predicted molar refractivity (Wildman–Crippen MR) is 85.0 cm³/mol. The molecular formula is C17H23F2N3O2. The molecule has 132 valence electrons. The van der Waals surface area contributed by atoms with E-state index in [4.69, 9.17) is 10.5 Å². The van der Waals surface area contributed by atoms with Crippen molar-refractivity contribution in [3.63, 3.8) is 0 Å². The highest BCUT2D eigenvalue weighted by molar-refractivity contribution is 5.95. The highest BCUT2D eigenvalue weighted by Gasteiger charge is 2.40. The Labute approximate surface area is 140 Å². The number of nitrogens with two attached hydrogens (primary N) is 1. The fraction of sp³-hybridized carbons (Fsp3) is 0.647. The molecule has 1 aromatic rings. The number of nitrogens with one attached hydrogen (secondary N) is 1. The lowest BCUT2D eigenvalue weighted by molar-refractivity contribution is 0.0715. The number of pyridine rings is 1. The predicted octanol–water partition coefficient (Wildman–Crippen LogP) is 2.36. The second-order valence-corrected chi connectivity index (χ2v) is 6.73. The molecule has 1 aromatic heterocycles. The Balaban J connectivity index is 1.71. The van der Waals surface area contributed by atoms with Crippen LogP contribution in [0, 0.1) is 11.8 Å². The van der Waals surface area contributed by atoms with Crippen molar-refractivity contribution in [3.8, 4) is 5.75 Å². The third-order valence-corrected chi connectivity index (χ3v) is 5.02. The molecule has 3 N–H and O–H groups in total. The van der Waals surface area contributed by atoms with Crippen molar-refractivity contribution in [3.05, 3.63) is 24.0 Å². The summed E-state index contributed by atoms with van der Waals surface area (Å²) >= 11 is 0. The summed E-state index contributed by atoms with van der Waals surface area (Å²) in [7, 11) is 0. The van der Waals surface area contributed by atoms with E-state index >= 15 is 0 Å². The van der Waals surface area contributed by atoms with Crippen molar-refractivity contribution in [2.24, 2.45) is 17.6 Å². The van der Waals surface area contributed by atoms with Gasteiger partial charge in [0.1, 0.15) is 6.61 Å². The quantitative estimate of drug-likeness (QED) is 0.863. The van der Waals surface area contributed by atoms with Gasteiger partial charge in [0.2, 0.25) is 0 Å². The van der Waals surface area contributed by atoms with Gasteiger partial charge in [-0.05, 0) is 49.7 Å². The highest BCUT2D eigenvalue weighted by atomic mass is 19.3. The number of amides is 1. The molecule has 2 bridgehead atoms. The van der Waals surface area contributed by atoms with E-state index in [1.165, 1.54) is 18.7 Å². The van der Waals surface area contributed by atoms with E-state index in [9.17, 15) is 13.6 Å². The molecule has 1 amide bonds. The molecule has 2 saturated carbocycles. The first-order valence-electron chi connectivity index (χ1n) is 8.47. The number of carbonyl (C=O) groups excluding carboxylic acids is 1. The van der Waals surface area contributed by atoms with Crippen LogP contribution in [0.4, 0.5) is 8.78 Å². The zero-order valence-electron chi connectivity index (χ0n) is 13.5. The Hall–Kier alpha value is -1.76. The molecule has 24 heavy (non-hydrogen) atoms. The number of halogens is 2. The number of fused-ring (bicyclic) bond motifs is 2. The van der Waals surface area contributed by atoms with E-state index in [2.05, 4.69) is 10.3 Å². The molecule has 5 nitrogen and oxygen atoms in total. The average molecular weight is 339 g/mol. The van der Waals surface area contributed by atoms with Crippen LogP contribution in [0.2, 0.25) is 0 Å². The van der Waals surface area contributed by atoms with Gasteiger partial charge in [0.25, 0.3) is 12.3 Å². The maximum absolute atomic E-state index is 12.6. The van der Waals surface area contributed by atoms with Crippen molar-refractivity contribution >= 4 is 5.91 Å². The van der Waals surface area contributed by atoms with E-state index in [1.807, 2.05) is 0 Å². The molecule has 2 unspecified atom stereocenters. The molecule has 1 heterocycles. The monoisotopic (exact) mass is 339 g/mol. The van der Waals surface area contributed by atoms with Crippen molar-refractivity contribution in [1.82, 2.24) is 10.3 Å². The number of rotatable bonds is 5. The van der Waals surface area contributed by atoms with E-state index in [0.717, 1.165) is 25.7 Å². The first-order chi connectivity index (χ1) is 11.5. The topological polar surface area (TPSA) is 77.2 Å². The molecule has 0 spiro atoms. The van der Waals surface area contributed by atoms with Crippen molar-refractivity contribution in [2.45, 2.75) is 50.6 Å². The number of nitrogens with zero attached hydrogens (tertiary/aromatic N) is 1. The molecule has 2 aliphatic carbocycles. The molecule has 7 heteroatoms. The van der Waals surface area contributed by atoms with Crippen molar-refractivity contribution in [1.29, 1.82) is 0 Å². The number of aromatic nitrogens is 1. The molecule has 0 aromatic carbocycles. The molecule has 2 atom stereocenters. The number of ether oxygens (including phenoxy) is 1. The lowest BCUT2D eigenvalue weighted by atomic mass is 9.67. The van der Waals surface area contributed by atoms with Crippen LogP contribution < -0.4 is 15.8 Å². The number of hydrogen-bond donors (Lipinski definition) is 2. The largest absolute Gasteiger partial charge is 0.485 e. The summed E-state index contributed by atoms with van der Waals surface area (Å²) in [6.45, 7) is -0.754. The van der Waals surface area contributed by atoms with Crippen LogP contribution in [0.15, 0.2) is 18.3 Å². The third-order valence-electron chi connectivity index (χ3n) is 5.02. The Bertz CT molecular complexity index is 571. The smallest absolute Gasteiger partial charge is 0.273 e. The summed E-state index contributed by atoms with van der Waals surface area (Å²) in [4.78, 5) is 16.6. The Morgan fingerprint density at radius 3 is 2.75 bits per heavy atom. The van der Waals surface area contributed by atoms with Crippen LogP contribution in [-0.2, 0) is 0 Å². The van der Waals surface area contributed by atoms with Gasteiger partial charge in [-0.15, -0.1) is 0 Å². The van der Waals surface area contributed by atoms with Gasteiger partial charge in [0.05, 0.1) is 0 Å². The zero-order valence-corrected chi connectivity index (χ0v) is 13.5. The molecule has 3 rings (SSSR count). The van der Waals surface area contributed by atoms with Crippen LogP contribution in [-0.4, -0.2) is 36.0 Å². The van der Waals surface area contributed by atoms with E-state index in [-0.39, 0.29) is 29.4 Å². The molecular weight excluding hydrogens is 316 g/mol. The summed E-state index contributed by atoms with van der Waals surface area (Å²) in [5.74, 6) is 0.487. The Morgan fingerprint density at radius 2 is 2.08 bits per heavy atom. The number of carbonyl (C=O) groups is 1. The molecule has 0 aliphatic heterocycles. The Morgan fingerprint density at radius 1 is 1.38 bits per heavy atom. The van der Waals surface area contributed by atoms with Gasteiger partial charge in [-0.25, -0.2) is 13.8 Å². The van der Waals surface area contributed by atoms with Gasteiger partial charge >= 0.3 is 0 Å². The van der Waals surface area contributed by atoms with Gasteiger partial charge in [-0.2, -0.15) is 0 Å². The molecule has 0 radical (unpaired) electrons. The summed E-state index contributed by atoms with van der Waals surface area (Å²) in [6, 6.07) is 3.33. The fourth-order valence-electron chi connectivity index (χ4n) is 4.07. The second kappa shape index (κ2) is 7.42. The van der Waals surface area contributed by atoms with E-state index in [1.54, 1.807) is 6.07 Å². The minimum atomic E-state index is -2.60. The third kappa shape index (κ3) is 3.83. The SMILES string of the molecule is NC1CC2CCCC(C1)C2NC(=O)c1ncccc1OCC(F)F. The highest BCUT2D eigenvalue weighted by Crippen LogP contribution is 2.39. The fourth-order valence-corrected chi connectivity index (χ4v) is 4.07. The first-order valence-corrected chi connectivity index (χ1v) is 8.47. The average Bonchev–Trinajstić information content (AvgIpc) is 2.54. The summed E-state index contributed by atoms with van der Waals surface area (Å²) < 4.78 is 29.7. The first kappa shape index (κ1) is 17.1. The molecule has 2 fully saturated rings. The van der Waals surface area contributed by atoms with Crippen LogP contribution in [0.25, 0.3) is 0 Å². The standard InChI is InChI=1S/C17H23F2N3O2/c18-14(19)9-24-13-5-2-6-21-16(13)17(23)22-15-10-3-1-4-11(15)8-12(20)7-10/h2,5-6,10-12,14-15H,1,3-4,7-9,20H2,(H,22,23). The van der Waals surface area contributed by atoms with Gasteiger partial charge in [-0.1, -0.05) is 6.42 Å². The second-order valence-electron chi connectivity index (χ2n) is 6.73. The summed E-state index contributed by atoms with van der Waals surface area (Å²) in [6.07, 6.45) is 3.98. The minimum Gasteiger partial charge on any atom is -0.485 e. The van der Waals surface area contributed by atoms with Gasteiger partial charge in [-0.3, -0.25) is 4.79 Å². The maximum Gasteiger partial charge on any atom is 0.273 e. The minimum absolute atomic E-state index is 0.0612. The van der Waals surface area contributed by atoms with E-state index in [0.29, 0.717) is 11.8 Å². The summed E-state index contributed by atoms with van der Waals surface area (Å²) in [5, 5.41) is 3.06. The van der Waals surface area contributed by atoms with Crippen LogP contribution in [0.3, 0.4) is 0 Å². The van der Waals surface area contributed by atoms with Crippen LogP contribution in [0.5, 0.6) is 5.75 Å².